The topological polar surface area (TPSA) is 15.3 Å². The summed E-state index contributed by atoms with van der Waals surface area (Å²) < 4.78 is 26.5. The molecule has 1 aliphatic heterocycles. The lowest BCUT2D eigenvalue weighted by atomic mass is 10.0. The minimum atomic E-state index is -2.76. The molecule has 1 aromatic carbocycles. The molecule has 1 heterocycles. The third-order valence-corrected chi connectivity index (χ3v) is 3.38. The molecule has 1 N–H and O–H groups in total. The number of benzene rings is 1. The van der Waals surface area contributed by atoms with Gasteiger partial charge in [-0.3, -0.25) is 0 Å². The van der Waals surface area contributed by atoms with Crippen LogP contribution in [-0.2, 0) is 5.92 Å². The van der Waals surface area contributed by atoms with E-state index in [1.54, 1.807) is 12.1 Å². The highest BCUT2D eigenvalue weighted by molar-refractivity contribution is 5.55. The van der Waals surface area contributed by atoms with Crippen molar-refractivity contribution in [3.05, 3.63) is 29.3 Å². The first kappa shape index (κ1) is 13.3. The van der Waals surface area contributed by atoms with Gasteiger partial charge in [0.25, 0.3) is 5.92 Å². The molecule has 0 spiro atoms. The molecule has 0 aromatic heterocycles. The molecule has 100 valence electrons. The fourth-order valence-electron chi connectivity index (χ4n) is 2.37. The lowest BCUT2D eigenvalue weighted by Crippen LogP contribution is -2.28. The zero-order chi connectivity index (χ0) is 13.2. The van der Waals surface area contributed by atoms with E-state index >= 15 is 0 Å². The van der Waals surface area contributed by atoms with Gasteiger partial charge in [-0.05, 0) is 37.6 Å². The monoisotopic (exact) mass is 254 g/mol. The van der Waals surface area contributed by atoms with Crippen molar-refractivity contribution >= 4 is 5.69 Å². The molecule has 1 saturated heterocycles. The van der Waals surface area contributed by atoms with Crippen LogP contribution in [0.4, 0.5) is 14.5 Å². The predicted molar refractivity (Wildman–Crippen MR) is 70.4 cm³/mol. The summed E-state index contributed by atoms with van der Waals surface area (Å²) in [7, 11) is 0. The molecule has 0 unspecified atom stereocenters. The molecule has 0 radical (unpaired) electrons. The molecular formula is C14H20F2N2. The maximum absolute atomic E-state index is 13.2. The zero-order valence-corrected chi connectivity index (χ0v) is 11.0. The molecule has 1 aliphatic rings. The summed E-state index contributed by atoms with van der Waals surface area (Å²) in [5.41, 5.74) is 2.10. The van der Waals surface area contributed by atoms with Gasteiger partial charge in [0.05, 0.1) is 0 Å². The third kappa shape index (κ3) is 2.99. The van der Waals surface area contributed by atoms with E-state index in [0.29, 0.717) is 0 Å². The van der Waals surface area contributed by atoms with Crippen molar-refractivity contribution in [3.8, 4) is 0 Å². The maximum Gasteiger partial charge on any atom is 0.270 e. The summed E-state index contributed by atoms with van der Waals surface area (Å²) in [6, 6.07) is 4.97. The minimum Gasteiger partial charge on any atom is -0.370 e. The van der Waals surface area contributed by atoms with Crippen LogP contribution in [0.25, 0.3) is 0 Å². The molecule has 0 atom stereocenters. The number of hydrogen-bond acceptors (Lipinski definition) is 2. The molecule has 0 saturated carbocycles. The van der Waals surface area contributed by atoms with Crippen LogP contribution in [0, 0.1) is 6.92 Å². The van der Waals surface area contributed by atoms with Crippen LogP contribution >= 0.6 is 0 Å². The van der Waals surface area contributed by atoms with Crippen molar-refractivity contribution in [3.63, 3.8) is 0 Å². The van der Waals surface area contributed by atoms with Crippen LogP contribution in [0.5, 0.6) is 0 Å². The van der Waals surface area contributed by atoms with E-state index in [2.05, 4.69) is 10.2 Å². The van der Waals surface area contributed by atoms with Crippen molar-refractivity contribution in [1.82, 2.24) is 5.32 Å². The second kappa shape index (κ2) is 5.22. The summed E-state index contributed by atoms with van der Waals surface area (Å²) in [6.45, 7) is 6.74. The minimum absolute atomic E-state index is 0.0942. The van der Waals surface area contributed by atoms with Gasteiger partial charge in [-0.2, -0.15) is 0 Å². The van der Waals surface area contributed by atoms with E-state index in [9.17, 15) is 8.78 Å². The highest BCUT2D eigenvalue weighted by Gasteiger charge is 2.25. The highest BCUT2D eigenvalue weighted by Crippen LogP contribution is 2.31. The largest absolute Gasteiger partial charge is 0.370 e. The Morgan fingerprint density at radius 2 is 2.00 bits per heavy atom. The number of nitrogens with zero attached hydrogens (tertiary/aromatic N) is 1. The SMILES string of the molecule is Cc1cc(C(C)(F)F)ccc1N1CCCNCC1. The first-order valence-electron chi connectivity index (χ1n) is 6.43. The smallest absolute Gasteiger partial charge is 0.270 e. The van der Waals surface area contributed by atoms with Crippen molar-refractivity contribution in [2.75, 3.05) is 31.1 Å². The normalized spacial score (nSPS) is 17.7. The van der Waals surface area contributed by atoms with E-state index in [0.717, 1.165) is 50.8 Å². The lowest BCUT2D eigenvalue weighted by Gasteiger charge is -2.25. The van der Waals surface area contributed by atoms with E-state index in [-0.39, 0.29) is 5.56 Å². The van der Waals surface area contributed by atoms with Crippen molar-refractivity contribution in [2.45, 2.75) is 26.2 Å². The van der Waals surface area contributed by atoms with Crippen molar-refractivity contribution < 1.29 is 8.78 Å². The van der Waals surface area contributed by atoms with E-state index < -0.39 is 5.92 Å². The Labute approximate surface area is 107 Å². The molecule has 18 heavy (non-hydrogen) atoms. The maximum atomic E-state index is 13.2. The molecule has 0 aliphatic carbocycles. The fraction of sp³-hybridized carbons (Fsp3) is 0.571. The third-order valence-electron chi connectivity index (χ3n) is 3.38. The summed E-state index contributed by atoms with van der Waals surface area (Å²) >= 11 is 0. The number of alkyl halides is 2. The van der Waals surface area contributed by atoms with Gasteiger partial charge in [0.2, 0.25) is 0 Å². The van der Waals surface area contributed by atoms with E-state index in [1.807, 2.05) is 13.0 Å². The summed E-state index contributed by atoms with van der Waals surface area (Å²) in [4.78, 5) is 2.27. The zero-order valence-electron chi connectivity index (χ0n) is 11.0. The summed E-state index contributed by atoms with van der Waals surface area (Å²) in [5, 5.41) is 3.34. The van der Waals surface area contributed by atoms with Crippen LogP contribution in [-0.4, -0.2) is 26.2 Å². The van der Waals surface area contributed by atoms with Crippen LogP contribution < -0.4 is 10.2 Å². The number of anilines is 1. The van der Waals surface area contributed by atoms with Crippen LogP contribution in [0.2, 0.25) is 0 Å². The van der Waals surface area contributed by atoms with Crippen LogP contribution in [0.1, 0.15) is 24.5 Å². The van der Waals surface area contributed by atoms with Gasteiger partial charge in [0.15, 0.2) is 0 Å². The van der Waals surface area contributed by atoms with Gasteiger partial charge >= 0.3 is 0 Å². The van der Waals surface area contributed by atoms with Gasteiger partial charge in [-0.25, -0.2) is 8.78 Å². The molecule has 0 amide bonds. The number of nitrogens with one attached hydrogen (secondary N) is 1. The van der Waals surface area contributed by atoms with Gasteiger partial charge in [0.1, 0.15) is 0 Å². The number of aryl methyl sites for hydroxylation is 1. The van der Waals surface area contributed by atoms with Crippen LogP contribution in [0.15, 0.2) is 18.2 Å². The fourth-order valence-corrected chi connectivity index (χ4v) is 2.37. The predicted octanol–water partition coefficient (Wildman–Crippen LogP) is 2.91. The Bertz CT molecular complexity index is 405. The Hall–Kier alpha value is -1.16. The number of hydrogen-bond donors (Lipinski definition) is 1. The average Bonchev–Trinajstić information content (AvgIpc) is 2.56. The first-order valence-corrected chi connectivity index (χ1v) is 6.43. The van der Waals surface area contributed by atoms with Crippen LogP contribution in [0.3, 0.4) is 0 Å². The molecule has 1 aromatic rings. The van der Waals surface area contributed by atoms with Gasteiger partial charge < -0.3 is 10.2 Å². The molecule has 4 heteroatoms. The van der Waals surface area contributed by atoms with Gasteiger partial charge in [-0.15, -0.1) is 0 Å². The Morgan fingerprint density at radius 3 is 2.67 bits per heavy atom. The Balaban J connectivity index is 2.23. The first-order chi connectivity index (χ1) is 8.48. The highest BCUT2D eigenvalue weighted by atomic mass is 19.3. The Kier molecular flexibility index (Phi) is 3.85. The standard InChI is InChI=1S/C14H20F2N2/c1-11-10-12(14(2,15)16)4-5-13(11)18-8-3-6-17-7-9-18/h4-5,10,17H,3,6-9H2,1-2H3. The number of halogens is 2. The molecule has 2 rings (SSSR count). The number of rotatable bonds is 2. The van der Waals surface area contributed by atoms with Crippen molar-refractivity contribution in [2.24, 2.45) is 0 Å². The lowest BCUT2D eigenvalue weighted by molar-refractivity contribution is 0.0174. The van der Waals surface area contributed by atoms with E-state index in [4.69, 9.17) is 0 Å². The van der Waals surface area contributed by atoms with Crippen molar-refractivity contribution in [1.29, 1.82) is 0 Å². The quantitative estimate of drug-likeness (QED) is 0.873. The van der Waals surface area contributed by atoms with Gasteiger partial charge in [-0.1, -0.05) is 6.07 Å². The second-order valence-electron chi connectivity index (χ2n) is 4.98. The van der Waals surface area contributed by atoms with E-state index in [1.165, 1.54) is 0 Å². The second-order valence-corrected chi connectivity index (χ2v) is 4.98. The Morgan fingerprint density at radius 1 is 1.22 bits per heavy atom. The molecule has 2 nitrogen and oxygen atoms in total. The summed E-state index contributed by atoms with van der Waals surface area (Å²) in [5.74, 6) is -2.76. The molecule has 1 fully saturated rings. The summed E-state index contributed by atoms with van der Waals surface area (Å²) in [6.07, 6.45) is 1.09. The molecule has 0 bridgehead atoms. The van der Waals surface area contributed by atoms with Gasteiger partial charge in [0, 0.05) is 37.8 Å². The molecular weight excluding hydrogens is 234 g/mol. The average molecular weight is 254 g/mol.